The fourth-order valence-corrected chi connectivity index (χ4v) is 5.65. The molecule has 0 unspecified atom stereocenters. The number of hydrogen-bond donors (Lipinski definition) is 0. The van der Waals surface area contributed by atoms with Crippen molar-refractivity contribution in [3.05, 3.63) is 18.3 Å². The first-order valence-electron chi connectivity index (χ1n) is 10.8. The summed E-state index contributed by atoms with van der Waals surface area (Å²) in [4.78, 5) is 25.5. The molecular weight excluding hydrogens is 404 g/mol. The highest BCUT2D eigenvalue weighted by Crippen LogP contribution is 2.20. The smallest absolute Gasteiger partial charge is 0.244 e. The molecule has 4 heterocycles. The van der Waals surface area contributed by atoms with E-state index in [0.717, 1.165) is 71.0 Å². The molecule has 3 fully saturated rings. The number of amides is 1. The predicted molar refractivity (Wildman–Crippen MR) is 115 cm³/mol. The van der Waals surface area contributed by atoms with Gasteiger partial charge in [0.05, 0.1) is 6.54 Å². The van der Waals surface area contributed by atoms with Crippen molar-refractivity contribution in [2.75, 3.05) is 83.9 Å². The summed E-state index contributed by atoms with van der Waals surface area (Å²) in [5, 5.41) is 0. The monoisotopic (exact) mass is 436 g/mol. The lowest BCUT2D eigenvalue weighted by Crippen LogP contribution is -2.50. The van der Waals surface area contributed by atoms with Crippen LogP contribution in [-0.4, -0.2) is 117 Å². The Hall–Kier alpha value is -1.75. The summed E-state index contributed by atoms with van der Waals surface area (Å²) in [5.74, 6) is 1.02. The van der Waals surface area contributed by atoms with Crippen molar-refractivity contribution in [2.45, 2.75) is 17.7 Å². The number of carbonyl (C=O) groups excluding carboxylic acids is 1. The van der Waals surface area contributed by atoms with Gasteiger partial charge in [0.25, 0.3) is 0 Å². The van der Waals surface area contributed by atoms with Crippen molar-refractivity contribution in [3.63, 3.8) is 0 Å². The SMILES string of the molecule is CN1CCN(S(=O)(=O)c2ccc(N3CCN(CC(=O)N4CCCC4)CC3)nc2)CC1. The third kappa shape index (κ3) is 4.77. The lowest BCUT2D eigenvalue weighted by Gasteiger charge is -2.35. The number of aromatic nitrogens is 1. The second kappa shape index (κ2) is 9.17. The van der Waals surface area contributed by atoms with Crippen LogP contribution in [0.2, 0.25) is 0 Å². The molecule has 4 rings (SSSR count). The molecule has 0 N–H and O–H groups in total. The van der Waals surface area contributed by atoms with Crippen molar-refractivity contribution in [1.29, 1.82) is 0 Å². The molecule has 9 nitrogen and oxygen atoms in total. The van der Waals surface area contributed by atoms with Crippen LogP contribution in [-0.2, 0) is 14.8 Å². The first-order chi connectivity index (χ1) is 14.4. The molecule has 3 aliphatic rings. The number of piperazine rings is 2. The highest BCUT2D eigenvalue weighted by atomic mass is 32.2. The molecule has 0 bridgehead atoms. The number of nitrogens with zero attached hydrogens (tertiary/aromatic N) is 6. The third-order valence-electron chi connectivity index (χ3n) is 6.33. The van der Waals surface area contributed by atoms with Crippen molar-refractivity contribution in [3.8, 4) is 0 Å². The molecule has 3 saturated heterocycles. The number of anilines is 1. The van der Waals surface area contributed by atoms with E-state index in [0.29, 0.717) is 19.6 Å². The molecule has 0 saturated carbocycles. The largest absolute Gasteiger partial charge is 0.354 e. The number of rotatable bonds is 5. The van der Waals surface area contributed by atoms with Gasteiger partial charge in [0.2, 0.25) is 15.9 Å². The summed E-state index contributed by atoms with van der Waals surface area (Å²) in [6, 6.07) is 3.47. The molecule has 166 valence electrons. The lowest BCUT2D eigenvalue weighted by molar-refractivity contribution is -0.131. The van der Waals surface area contributed by atoms with Crippen LogP contribution in [0.15, 0.2) is 23.2 Å². The van der Waals surface area contributed by atoms with E-state index in [1.807, 2.05) is 11.9 Å². The zero-order valence-corrected chi connectivity index (χ0v) is 18.6. The summed E-state index contributed by atoms with van der Waals surface area (Å²) in [6.45, 7) is 7.98. The molecule has 30 heavy (non-hydrogen) atoms. The van der Waals surface area contributed by atoms with Crippen LogP contribution in [0.4, 0.5) is 5.82 Å². The number of carbonyl (C=O) groups is 1. The standard InChI is InChI=1S/C20H32N6O3S/c1-22-8-14-26(15-9-22)30(28,29)18-4-5-19(21-16-18)24-12-10-23(11-13-24)17-20(27)25-6-2-3-7-25/h4-5,16H,2-3,6-15,17H2,1H3. The molecule has 10 heteroatoms. The van der Waals surface area contributed by atoms with Crippen molar-refractivity contribution >= 4 is 21.7 Å². The zero-order valence-electron chi connectivity index (χ0n) is 17.7. The first-order valence-corrected chi connectivity index (χ1v) is 12.3. The second-order valence-corrected chi connectivity index (χ2v) is 10.3. The quantitative estimate of drug-likeness (QED) is 0.630. The highest BCUT2D eigenvalue weighted by Gasteiger charge is 2.28. The topological polar surface area (TPSA) is 80.3 Å². The summed E-state index contributed by atoms with van der Waals surface area (Å²) in [6.07, 6.45) is 3.71. The van der Waals surface area contributed by atoms with Crippen molar-refractivity contribution in [1.82, 2.24) is 24.0 Å². The predicted octanol–water partition coefficient (Wildman–Crippen LogP) is -0.238. The maximum atomic E-state index is 12.8. The van der Waals surface area contributed by atoms with Gasteiger partial charge < -0.3 is 14.7 Å². The first kappa shape index (κ1) is 21.5. The molecule has 1 aromatic rings. The van der Waals surface area contributed by atoms with E-state index in [1.54, 1.807) is 16.4 Å². The van der Waals surface area contributed by atoms with Crippen molar-refractivity contribution in [2.24, 2.45) is 0 Å². The molecular formula is C20H32N6O3S. The molecule has 1 aromatic heterocycles. The zero-order chi connectivity index (χ0) is 21.1. The van der Waals surface area contributed by atoms with Gasteiger partial charge in [-0.3, -0.25) is 9.69 Å². The molecule has 0 atom stereocenters. The van der Waals surface area contributed by atoms with Gasteiger partial charge in [-0.25, -0.2) is 13.4 Å². The van der Waals surface area contributed by atoms with Crippen LogP contribution in [0.25, 0.3) is 0 Å². The van der Waals surface area contributed by atoms with Crippen LogP contribution >= 0.6 is 0 Å². The molecule has 3 aliphatic heterocycles. The normalized spacial score (nSPS) is 22.6. The number of likely N-dealkylation sites (tertiary alicyclic amines) is 1. The Morgan fingerprint density at radius 2 is 1.60 bits per heavy atom. The Bertz CT molecular complexity index is 825. The van der Waals surface area contributed by atoms with Crippen LogP contribution in [0.3, 0.4) is 0 Å². The summed E-state index contributed by atoms with van der Waals surface area (Å²) in [7, 11) is -1.49. The minimum Gasteiger partial charge on any atom is -0.354 e. The molecule has 0 aromatic carbocycles. The maximum absolute atomic E-state index is 12.8. The minimum absolute atomic E-state index is 0.234. The van der Waals surface area contributed by atoms with Gasteiger partial charge in [-0.15, -0.1) is 0 Å². The van der Waals surface area contributed by atoms with Crippen LogP contribution in [0, 0.1) is 0 Å². The van der Waals surface area contributed by atoms with Gasteiger partial charge in [-0.1, -0.05) is 0 Å². The summed E-state index contributed by atoms with van der Waals surface area (Å²) >= 11 is 0. The van der Waals surface area contributed by atoms with Gasteiger partial charge in [0, 0.05) is 71.6 Å². The van der Waals surface area contributed by atoms with Crippen LogP contribution in [0.1, 0.15) is 12.8 Å². The Morgan fingerprint density at radius 1 is 0.933 bits per heavy atom. The van der Waals surface area contributed by atoms with E-state index in [2.05, 4.69) is 19.7 Å². The fraction of sp³-hybridized carbons (Fsp3) is 0.700. The van der Waals surface area contributed by atoms with E-state index < -0.39 is 10.0 Å². The Labute approximate surface area is 179 Å². The number of pyridine rings is 1. The molecule has 0 spiro atoms. The summed E-state index contributed by atoms with van der Waals surface area (Å²) in [5.41, 5.74) is 0. The van der Waals surface area contributed by atoms with E-state index >= 15 is 0 Å². The van der Waals surface area contributed by atoms with Gasteiger partial charge in [0.15, 0.2) is 0 Å². The minimum atomic E-state index is -3.49. The second-order valence-electron chi connectivity index (χ2n) is 8.41. The summed E-state index contributed by atoms with van der Waals surface area (Å²) < 4.78 is 27.2. The van der Waals surface area contributed by atoms with E-state index in [-0.39, 0.29) is 10.8 Å². The van der Waals surface area contributed by atoms with E-state index in [9.17, 15) is 13.2 Å². The highest BCUT2D eigenvalue weighted by molar-refractivity contribution is 7.89. The molecule has 0 radical (unpaired) electrons. The number of sulfonamides is 1. The van der Waals surface area contributed by atoms with Gasteiger partial charge >= 0.3 is 0 Å². The van der Waals surface area contributed by atoms with E-state index in [1.165, 1.54) is 6.20 Å². The average molecular weight is 437 g/mol. The van der Waals surface area contributed by atoms with Gasteiger partial charge in [-0.2, -0.15) is 4.31 Å². The number of likely N-dealkylation sites (N-methyl/N-ethyl adjacent to an activating group) is 1. The third-order valence-corrected chi connectivity index (χ3v) is 8.22. The Kier molecular flexibility index (Phi) is 6.57. The Balaban J connectivity index is 1.31. The van der Waals surface area contributed by atoms with Crippen LogP contribution in [0.5, 0.6) is 0 Å². The lowest BCUT2D eigenvalue weighted by atomic mass is 10.3. The maximum Gasteiger partial charge on any atom is 0.244 e. The molecule has 1 amide bonds. The van der Waals surface area contributed by atoms with E-state index in [4.69, 9.17) is 0 Å². The van der Waals surface area contributed by atoms with Crippen LogP contribution < -0.4 is 4.90 Å². The fourth-order valence-electron chi connectivity index (χ4n) is 4.28. The number of hydrogen-bond acceptors (Lipinski definition) is 7. The Morgan fingerprint density at radius 3 is 2.20 bits per heavy atom. The van der Waals surface area contributed by atoms with Crippen molar-refractivity contribution < 1.29 is 13.2 Å². The van der Waals surface area contributed by atoms with Gasteiger partial charge in [0.1, 0.15) is 10.7 Å². The average Bonchev–Trinajstić information content (AvgIpc) is 3.30. The van der Waals surface area contributed by atoms with Gasteiger partial charge in [-0.05, 0) is 32.0 Å². The molecule has 0 aliphatic carbocycles.